The maximum atomic E-state index is 12.5. The lowest BCUT2D eigenvalue weighted by molar-refractivity contribution is 0.102. The first kappa shape index (κ1) is 13.9. The van der Waals surface area contributed by atoms with Crippen LogP contribution in [0, 0.1) is 0 Å². The minimum atomic E-state index is -0.0504. The Morgan fingerprint density at radius 3 is 2.68 bits per heavy atom. The topological polar surface area (TPSA) is 51.0 Å². The van der Waals surface area contributed by atoms with Gasteiger partial charge in [0.2, 0.25) is 5.78 Å². The van der Waals surface area contributed by atoms with Crippen LogP contribution in [0.25, 0.3) is 0 Å². The standard InChI is InChI=1S/C13H15BrN4O/c1-17(2)7-8-18-12(11(14)9-16-18)13(19)10-3-5-15-6-4-10/h3-6,9H,7-8H2,1-2H3. The molecule has 6 heteroatoms. The number of likely N-dealkylation sites (N-methyl/N-ethyl adjacent to an activating group) is 1. The van der Waals surface area contributed by atoms with E-state index in [9.17, 15) is 4.79 Å². The normalized spacial score (nSPS) is 10.9. The average molecular weight is 323 g/mol. The lowest BCUT2D eigenvalue weighted by atomic mass is 10.1. The van der Waals surface area contributed by atoms with E-state index in [0.29, 0.717) is 22.3 Å². The Hall–Kier alpha value is -1.53. The first-order valence-electron chi connectivity index (χ1n) is 5.90. The molecule has 0 aliphatic rings. The molecule has 5 nitrogen and oxygen atoms in total. The molecule has 0 saturated heterocycles. The van der Waals surface area contributed by atoms with E-state index in [4.69, 9.17) is 0 Å². The summed E-state index contributed by atoms with van der Waals surface area (Å²) in [6.45, 7) is 1.50. The van der Waals surface area contributed by atoms with Gasteiger partial charge in [-0.3, -0.25) is 14.5 Å². The van der Waals surface area contributed by atoms with Gasteiger partial charge in [0.05, 0.1) is 17.2 Å². The molecule has 2 rings (SSSR count). The Morgan fingerprint density at radius 1 is 1.37 bits per heavy atom. The fourth-order valence-corrected chi connectivity index (χ4v) is 2.17. The third-order valence-electron chi connectivity index (χ3n) is 2.71. The Bertz CT molecular complexity index is 565. The summed E-state index contributed by atoms with van der Waals surface area (Å²) < 4.78 is 2.44. The molecule has 0 aliphatic heterocycles. The summed E-state index contributed by atoms with van der Waals surface area (Å²) in [4.78, 5) is 18.4. The highest BCUT2D eigenvalue weighted by atomic mass is 79.9. The number of carbonyl (C=O) groups excluding carboxylic acids is 1. The summed E-state index contributed by atoms with van der Waals surface area (Å²) in [7, 11) is 3.98. The van der Waals surface area contributed by atoms with Crippen LogP contribution in [0.15, 0.2) is 35.2 Å². The summed E-state index contributed by atoms with van der Waals surface area (Å²) in [5, 5.41) is 4.24. The van der Waals surface area contributed by atoms with Crippen molar-refractivity contribution >= 4 is 21.7 Å². The highest BCUT2D eigenvalue weighted by molar-refractivity contribution is 9.10. The van der Waals surface area contributed by atoms with Gasteiger partial charge in [-0.2, -0.15) is 5.10 Å². The van der Waals surface area contributed by atoms with Crippen molar-refractivity contribution in [2.75, 3.05) is 20.6 Å². The maximum Gasteiger partial charge on any atom is 0.212 e. The van der Waals surface area contributed by atoms with E-state index in [-0.39, 0.29) is 5.78 Å². The van der Waals surface area contributed by atoms with Gasteiger partial charge in [-0.1, -0.05) is 0 Å². The largest absolute Gasteiger partial charge is 0.308 e. The fraction of sp³-hybridized carbons (Fsp3) is 0.308. The van der Waals surface area contributed by atoms with Gasteiger partial charge in [-0.25, -0.2) is 0 Å². The molecule has 2 heterocycles. The number of nitrogens with zero attached hydrogens (tertiary/aromatic N) is 4. The molecule has 0 aliphatic carbocycles. The summed E-state index contributed by atoms with van der Waals surface area (Å²) in [5.74, 6) is -0.0504. The quantitative estimate of drug-likeness (QED) is 0.788. The predicted octanol–water partition coefficient (Wildman–Crippen LogP) is 1.83. The molecular formula is C13H15BrN4O. The van der Waals surface area contributed by atoms with E-state index in [1.54, 1.807) is 35.4 Å². The number of aromatic nitrogens is 3. The van der Waals surface area contributed by atoms with Crippen molar-refractivity contribution in [2.45, 2.75) is 6.54 Å². The van der Waals surface area contributed by atoms with Crippen LogP contribution < -0.4 is 0 Å². The molecule has 19 heavy (non-hydrogen) atoms. The minimum absolute atomic E-state index is 0.0504. The number of hydrogen-bond donors (Lipinski definition) is 0. The van der Waals surface area contributed by atoms with Gasteiger partial charge >= 0.3 is 0 Å². The fourth-order valence-electron chi connectivity index (χ4n) is 1.69. The lowest BCUT2D eigenvalue weighted by Gasteiger charge is -2.11. The first-order valence-corrected chi connectivity index (χ1v) is 6.69. The number of pyridine rings is 1. The van der Waals surface area contributed by atoms with E-state index in [0.717, 1.165) is 6.54 Å². The highest BCUT2D eigenvalue weighted by Crippen LogP contribution is 2.19. The van der Waals surface area contributed by atoms with Gasteiger partial charge in [0.15, 0.2) is 0 Å². The van der Waals surface area contributed by atoms with Crippen LogP contribution in [0.5, 0.6) is 0 Å². The molecule has 0 saturated carbocycles. The van der Waals surface area contributed by atoms with E-state index in [1.807, 2.05) is 14.1 Å². The van der Waals surface area contributed by atoms with Gasteiger partial charge < -0.3 is 4.90 Å². The zero-order chi connectivity index (χ0) is 13.8. The molecule has 0 unspecified atom stereocenters. The Balaban J connectivity index is 2.29. The monoisotopic (exact) mass is 322 g/mol. The zero-order valence-electron chi connectivity index (χ0n) is 10.9. The molecule has 0 amide bonds. The van der Waals surface area contributed by atoms with Crippen LogP contribution in [-0.4, -0.2) is 46.1 Å². The molecule has 0 atom stereocenters. The number of halogens is 1. The van der Waals surface area contributed by atoms with E-state index in [1.165, 1.54) is 0 Å². The number of hydrogen-bond acceptors (Lipinski definition) is 4. The predicted molar refractivity (Wildman–Crippen MR) is 76.2 cm³/mol. The second-order valence-corrected chi connectivity index (χ2v) is 5.29. The third-order valence-corrected chi connectivity index (χ3v) is 3.29. The summed E-state index contributed by atoms with van der Waals surface area (Å²) in [5.41, 5.74) is 1.19. The van der Waals surface area contributed by atoms with Crippen molar-refractivity contribution < 1.29 is 4.79 Å². The Kier molecular flexibility index (Phi) is 4.44. The molecule has 0 radical (unpaired) electrons. The van der Waals surface area contributed by atoms with E-state index in [2.05, 4.69) is 30.9 Å². The second-order valence-electron chi connectivity index (χ2n) is 4.43. The number of ketones is 1. The van der Waals surface area contributed by atoms with Crippen molar-refractivity contribution in [3.05, 3.63) is 46.5 Å². The molecule has 0 aromatic carbocycles. The summed E-state index contributed by atoms with van der Waals surface area (Å²) >= 11 is 3.39. The molecule has 2 aromatic heterocycles. The van der Waals surface area contributed by atoms with Crippen molar-refractivity contribution in [1.29, 1.82) is 0 Å². The van der Waals surface area contributed by atoms with E-state index >= 15 is 0 Å². The van der Waals surface area contributed by atoms with Gasteiger partial charge in [0.25, 0.3) is 0 Å². The van der Waals surface area contributed by atoms with Crippen molar-refractivity contribution in [2.24, 2.45) is 0 Å². The number of rotatable bonds is 5. The Labute approximate surface area is 120 Å². The molecular weight excluding hydrogens is 308 g/mol. The van der Waals surface area contributed by atoms with Gasteiger partial charge in [0, 0.05) is 24.5 Å². The molecule has 2 aromatic rings. The van der Waals surface area contributed by atoms with Crippen LogP contribution in [0.2, 0.25) is 0 Å². The number of carbonyl (C=O) groups is 1. The summed E-state index contributed by atoms with van der Waals surface area (Å²) in [6.07, 6.45) is 4.88. The van der Waals surface area contributed by atoms with Crippen molar-refractivity contribution in [3.63, 3.8) is 0 Å². The average Bonchev–Trinajstić information content (AvgIpc) is 2.78. The van der Waals surface area contributed by atoms with Crippen molar-refractivity contribution in [1.82, 2.24) is 19.7 Å². The van der Waals surface area contributed by atoms with Gasteiger partial charge in [0.1, 0.15) is 5.69 Å². The molecule has 0 bridgehead atoms. The SMILES string of the molecule is CN(C)CCn1ncc(Br)c1C(=O)c1ccncc1. The van der Waals surface area contributed by atoms with Crippen LogP contribution in [-0.2, 0) is 6.54 Å². The second kappa shape index (κ2) is 6.08. The first-order chi connectivity index (χ1) is 9.09. The lowest BCUT2D eigenvalue weighted by Crippen LogP contribution is -2.21. The molecule has 100 valence electrons. The van der Waals surface area contributed by atoms with Gasteiger partial charge in [-0.05, 0) is 42.2 Å². The minimum Gasteiger partial charge on any atom is -0.308 e. The maximum absolute atomic E-state index is 12.5. The summed E-state index contributed by atoms with van der Waals surface area (Å²) in [6, 6.07) is 3.41. The zero-order valence-corrected chi connectivity index (χ0v) is 12.5. The smallest absolute Gasteiger partial charge is 0.212 e. The van der Waals surface area contributed by atoms with Crippen molar-refractivity contribution in [3.8, 4) is 0 Å². The molecule has 0 N–H and O–H groups in total. The van der Waals surface area contributed by atoms with Gasteiger partial charge in [-0.15, -0.1) is 0 Å². The van der Waals surface area contributed by atoms with Crippen LogP contribution in [0.3, 0.4) is 0 Å². The third kappa shape index (κ3) is 3.27. The van der Waals surface area contributed by atoms with Crippen LogP contribution in [0.4, 0.5) is 0 Å². The van der Waals surface area contributed by atoms with E-state index < -0.39 is 0 Å². The van der Waals surface area contributed by atoms with Crippen LogP contribution >= 0.6 is 15.9 Å². The molecule has 0 spiro atoms. The highest BCUT2D eigenvalue weighted by Gasteiger charge is 2.18. The Morgan fingerprint density at radius 2 is 2.05 bits per heavy atom. The molecule has 0 fully saturated rings. The van der Waals surface area contributed by atoms with Crippen LogP contribution in [0.1, 0.15) is 16.1 Å².